The second kappa shape index (κ2) is 7.48. The molecule has 1 heterocycles. The van der Waals surface area contributed by atoms with E-state index in [1.807, 2.05) is 12.1 Å². The number of likely N-dealkylation sites (N-methyl/N-ethyl adjacent to an activating group) is 1. The van der Waals surface area contributed by atoms with Gasteiger partial charge in [0.15, 0.2) is 0 Å². The van der Waals surface area contributed by atoms with Gasteiger partial charge < -0.3 is 15.2 Å². The third kappa shape index (κ3) is 4.49. The summed E-state index contributed by atoms with van der Waals surface area (Å²) in [6.07, 6.45) is 2.05. The zero-order valence-corrected chi connectivity index (χ0v) is 11.7. The number of rotatable bonds is 7. The molecule has 1 aromatic rings. The van der Waals surface area contributed by atoms with Gasteiger partial charge in [-0.2, -0.15) is 0 Å². The molecule has 0 bridgehead atoms. The number of nitrogens with two attached hydrogens (primary N) is 1. The zero-order chi connectivity index (χ0) is 13.5. The third-order valence-electron chi connectivity index (χ3n) is 3.60. The van der Waals surface area contributed by atoms with Gasteiger partial charge in [-0.05, 0) is 44.1 Å². The predicted octanol–water partition coefficient (Wildman–Crippen LogP) is 1.29. The first-order valence-electron chi connectivity index (χ1n) is 6.99. The summed E-state index contributed by atoms with van der Waals surface area (Å²) in [4.78, 5) is 2.32. The fourth-order valence-corrected chi connectivity index (χ4v) is 2.28. The fraction of sp³-hybridized carbons (Fsp3) is 0.600. The number of benzene rings is 1. The summed E-state index contributed by atoms with van der Waals surface area (Å²) in [6.45, 7) is 4.07. The van der Waals surface area contributed by atoms with Gasteiger partial charge in [0.05, 0.1) is 6.61 Å². The van der Waals surface area contributed by atoms with Crippen LogP contribution in [0.3, 0.4) is 0 Å². The summed E-state index contributed by atoms with van der Waals surface area (Å²) >= 11 is 0. The van der Waals surface area contributed by atoms with Crippen molar-refractivity contribution in [1.29, 1.82) is 0 Å². The molecule has 0 amide bonds. The van der Waals surface area contributed by atoms with E-state index in [0.717, 1.165) is 38.3 Å². The molecule has 1 aliphatic rings. The van der Waals surface area contributed by atoms with E-state index in [4.69, 9.17) is 15.2 Å². The maximum absolute atomic E-state index is 5.76. The lowest BCUT2D eigenvalue weighted by molar-refractivity contribution is 0.147. The highest BCUT2D eigenvalue weighted by Crippen LogP contribution is 2.13. The molecule has 0 radical (unpaired) electrons. The Morgan fingerprint density at radius 1 is 1.37 bits per heavy atom. The first-order chi connectivity index (χ1) is 9.29. The molecule has 1 saturated heterocycles. The lowest BCUT2D eigenvalue weighted by Crippen LogP contribution is -2.35. The van der Waals surface area contributed by atoms with Crippen LogP contribution in [0.15, 0.2) is 24.3 Å². The molecule has 1 aliphatic heterocycles. The average molecular weight is 264 g/mol. The molecular weight excluding hydrogens is 240 g/mol. The Balaban J connectivity index is 1.69. The van der Waals surface area contributed by atoms with Crippen molar-refractivity contribution in [3.63, 3.8) is 0 Å². The van der Waals surface area contributed by atoms with E-state index in [9.17, 15) is 0 Å². The van der Waals surface area contributed by atoms with Crippen molar-refractivity contribution in [1.82, 2.24) is 4.90 Å². The molecule has 4 nitrogen and oxygen atoms in total. The number of hydrogen-bond acceptors (Lipinski definition) is 4. The third-order valence-corrected chi connectivity index (χ3v) is 3.60. The highest BCUT2D eigenvalue weighted by atomic mass is 16.5. The Labute approximate surface area is 115 Å². The van der Waals surface area contributed by atoms with Crippen LogP contribution in [0.25, 0.3) is 0 Å². The van der Waals surface area contributed by atoms with E-state index in [0.29, 0.717) is 19.2 Å². The van der Waals surface area contributed by atoms with Crippen LogP contribution in [0.5, 0.6) is 5.75 Å². The molecule has 2 rings (SSSR count). The molecule has 1 aromatic carbocycles. The predicted molar refractivity (Wildman–Crippen MR) is 76.5 cm³/mol. The van der Waals surface area contributed by atoms with Crippen LogP contribution in [0, 0.1) is 0 Å². The van der Waals surface area contributed by atoms with Gasteiger partial charge in [0, 0.05) is 19.2 Å². The van der Waals surface area contributed by atoms with Crippen molar-refractivity contribution >= 4 is 0 Å². The average Bonchev–Trinajstić information content (AvgIpc) is 2.95. The fourth-order valence-electron chi connectivity index (χ4n) is 2.28. The topological polar surface area (TPSA) is 47.7 Å². The molecule has 1 fully saturated rings. The smallest absolute Gasteiger partial charge is 0.119 e. The Hall–Kier alpha value is -1.10. The molecule has 4 heteroatoms. The van der Waals surface area contributed by atoms with Crippen molar-refractivity contribution in [2.45, 2.75) is 18.9 Å². The van der Waals surface area contributed by atoms with Crippen molar-refractivity contribution in [2.24, 2.45) is 5.73 Å². The highest BCUT2D eigenvalue weighted by molar-refractivity contribution is 5.27. The van der Waals surface area contributed by atoms with Crippen molar-refractivity contribution < 1.29 is 9.47 Å². The SMILES string of the molecule is CN(CCOc1ccc(CCN)cc1)C1CCOC1. The van der Waals surface area contributed by atoms with E-state index >= 15 is 0 Å². The molecule has 0 spiro atoms. The molecule has 0 aromatic heterocycles. The minimum Gasteiger partial charge on any atom is -0.492 e. The lowest BCUT2D eigenvalue weighted by Gasteiger charge is -2.22. The van der Waals surface area contributed by atoms with Gasteiger partial charge in [0.25, 0.3) is 0 Å². The van der Waals surface area contributed by atoms with Crippen LogP contribution in [0.4, 0.5) is 0 Å². The molecule has 1 atom stereocenters. The zero-order valence-electron chi connectivity index (χ0n) is 11.7. The molecule has 1 unspecified atom stereocenters. The van der Waals surface area contributed by atoms with Gasteiger partial charge >= 0.3 is 0 Å². The summed E-state index contributed by atoms with van der Waals surface area (Å²) in [5.41, 5.74) is 6.78. The maximum Gasteiger partial charge on any atom is 0.119 e. The van der Waals surface area contributed by atoms with Crippen LogP contribution < -0.4 is 10.5 Å². The quantitative estimate of drug-likeness (QED) is 0.806. The molecular formula is C15H24N2O2. The van der Waals surface area contributed by atoms with Crippen LogP contribution in [-0.4, -0.2) is 50.9 Å². The van der Waals surface area contributed by atoms with Crippen LogP contribution in [0.2, 0.25) is 0 Å². The van der Waals surface area contributed by atoms with Gasteiger partial charge in [-0.3, -0.25) is 4.90 Å². The number of ether oxygens (including phenoxy) is 2. The van der Waals surface area contributed by atoms with E-state index in [2.05, 4.69) is 24.1 Å². The molecule has 19 heavy (non-hydrogen) atoms. The van der Waals surface area contributed by atoms with Crippen LogP contribution in [-0.2, 0) is 11.2 Å². The van der Waals surface area contributed by atoms with E-state index in [-0.39, 0.29) is 0 Å². The van der Waals surface area contributed by atoms with Crippen molar-refractivity contribution in [3.8, 4) is 5.75 Å². The van der Waals surface area contributed by atoms with Crippen LogP contribution >= 0.6 is 0 Å². The van der Waals surface area contributed by atoms with E-state index in [1.54, 1.807) is 0 Å². The van der Waals surface area contributed by atoms with Crippen molar-refractivity contribution in [2.75, 3.05) is 40.0 Å². The largest absolute Gasteiger partial charge is 0.492 e. The van der Waals surface area contributed by atoms with Gasteiger partial charge in [0.1, 0.15) is 12.4 Å². The molecule has 0 aliphatic carbocycles. The van der Waals surface area contributed by atoms with E-state index < -0.39 is 0 Å². The second-order valence-electron chi connectivity index (χ2n) is 5.03. The monoisotopic (exact) mass is 264 g/mol. The second-order valence-corrected chi connectivity index (χ2v) is 5.03. The number of hydrogen-bond donors (Lipinski definition) is 1. The summed E-state index contributed by atoms with van der Waals surface area (Å²) in [5.74, 6) is 0.928. The number of nitrogens with zero attached hydrogens (tertiary/aromatic N) is 1. The lowest BCUT2D eigenvalue weighted by atomic mass is 10.1. The first-order valence-corrected chi connectivity index (χ1v) is 6.99. The Bertz CT molecular complexity index is 361. The minimum atomic E-state index is 0.551. The summed E-state index contributed by atoms with van der Waals surface area (Å²) < 4.78 is 11.1. The standard InChI is InChI=1S/C15H24N2O2/c1-17(14-7-10-18-12-14)9-11-19-15-4-2-13(3-5-15)6-8-16/h2-5,14H,6-12,16H2,1H3. The summed E-state index contributed by atoms with van der Waals surface area (Å²) in [5, 5.41) is 0. The molecule has 106 valence electrons. The summed E-state index contributed by atoms with van der Waals surface area (Å²) in [6, 6.07) is 8.75. The Morgan fingerprint density at radius 2 is 2.16 bits per heavy atom. The Kier molecular flexibility index (Phi) is 5.63. The summed E-state index contributed by atoms with van der Waals surface area (Å²) in [7, 11) is 2.13. The van der Waals surface area contributed by atoms with Gasteiger partial charge in [-0.15, -0.1) is 0 Å². The van der Waals surface area contributed by atoms with Gasteiger partial charge in [-0.25, -0.2) is 0 Å². The first kappa shape index (κ1) is 14.3. The maximum atomic E-state index is 5.76. The molecule has 0 saturated carbocycles. The van der Waals surface area contributed by atoms with Gasteiger partial charge in [0.2, 0.25) is 0 Å². The van der Waals surface area contributed by atoms with Crippen LogP contribution in [0.1, 0.15) is 12.0 Å². The normalized spacial score (nSPS) is 19.0. The van der Waals surface area contributed by atoms with E-state index in [1.165, 1.54) is 5.56 Å². The minimum absolute atomic E-state index is 0.551. The molecule has 2 N–H and O–H groups in total. The highest BCUT2D eigenvalue weighted by Gasteiger charge is 2.19. The Morgan fingerprint density at radius 3 is 2.79 bits per heavy atom. The van der Waals surface area contributed by atoms with Gasteiger partial charge in [-0.1, -0.05) is 12.1 Å². The van der Waals surface area contributed by atoms with Crippen molar-refractivity contribution in [3.05, 3.63) is 29.8 Å².